The fourth-order valence-corrected chi connectivity index (χ4v) is 4.07. The smallest absolute Gasteiger partial charge is 0.338 e. The molecule has 0 amide bonds. The number of rotatable bonds is 4. The van der Waals surface area contributed by atoms with Gasteiger partial charge in [-0.25, -0.2) is 4.79 Å². The largest absolute Gasteiger partial charge is 0.511 e. The lowest BCUT2D eigenvalue weighted by atomic mass is 9.77. The van der Waals surface area contributed by atoms with Gasteiger partial charge in [-0.05, 0) is 37.0 Å². The van der Waals surface area contributed by atoms with Crippen molar-refractivity contribution in [2.75, 3.05) is 6.79 Å². The topological polar surface area (TPSA) is 102 Å². The molecule has 2 heterocycles. The number of carboxylic acids is 1. The predicted octanol–water partition coefficient (Wildman–Crippen LogP) is 2.90. The van der Waals surface area contributed by atoms with Gasteiger partial charge in [-0.2, -0.15) is 0 Å². The molecule has 4 rings (SSSR count). The molecule has 0 radical (unpaired) electrons. The molecule has 138 valence electrons. The monoisotopic (exact) mass is 360 g/mol. The Morgan fingerprint density at radius 1 is 1.19 bits per heavy atom. The third kappa shape index (κ3) is 2.87. The van der Waals surface area contributed by atoms with Crippen molar-refractivity contribution in [1.29, 1.82) is 0 Å². The van der Waals surface area contributed by atoms with Crippen molar-refractivity contribution in [3.05, 3.63) is 35.1 Å². The van der Waals surface area contributed by atoms with Crippen molar-refractivity contribution in [3.63, 3.8) is 0 Å². The summed E-state index contributed by atoms with van der Waals surface area (Å²) in [6.07, 6.45) is 2.71. The Hall–Kier alpha value is -2.70. The first-order valence-electron chi connectivity index (χ1n) is 8.80. The number of aliphatic hydroxyl groups excluding tert-OH is 1. The van der Waals surface area contributed by atoms with Crippen LogP contribution in [0.4, 0.5) is 0 Å². The van der Waals surface area contributed by atoms with Crippen LogP contribution in [0.5, 0.6) is 11.5 Å². The normalized spacial score (nSPS) is 25.5. The Kier molecular flexibility index (Phi) is 4.22. The molecule has 3 unspecified atom stereocenters. The highest BCUT2D eigenvalue weighted by Gasteiger charge is 2.42. The molecule has 0 saturated heterocycles. The summed E-state index contributed by atoms with van der Waals surface area (Å²) >= 11 is 0. The third-order valence-electron chi connectivity index (χ3n) is 5.33. The fourth-order valence-electron chi connectivity index (χ4n) is 4.07. The van der Waals surface area contributed by atoms with Crippen LogP contribution in [0.25, 0.3) is 0 Å². The maximum atomic E-state index is 12.6. The van der Waals surface area contributed by atoms with E-state index in [1.807, 2.05) is 0 Å². The second-order valence-electron chi connectivity index (χ2n) is 6.90. The molecule has 0 bridgehead atoms. The predicted molar refractivity (Wildman–Crippen MR) is 89.1 cm³/mol. The van der Waals surface area contributed by atoms with Gasteiger partial charge >= 0.3 is 11.9 Å². The zero-order chi connectivity index (χ0) is 18.3. The first kappa shape index (κ1) is 16.8. The quantitative estimate of drug-likeness (QED) is 0.796. The zero-order valence-electron chi connectivity index (χ0n) is 14.1. The number of carbonyl (C=O) groups excluding carboxylic acids is 1. The summed E-state index contributed by atoms with van der Waals surface area (Å²) in [6.45, 7) is 0.0993. The highest BCUT2D eigenvalue weighted by atomic mass is 16.7. The molecule has 1 aromatic rings. The van der Waals surface area contributed by atoms with Crippen LogP contribution in [0.2, 0.25) is 0 Å². The van der Waals surface area contributed by atoms with Crippen LogP contribution in [0.15, 0.2) is 29.5 Å². The van der Waals surface area contributed by atoms with E-state index in [2.05, 4.69) is 0 Å². The maximum absolute atomic E-state index is 12.6. The number of benzene rings is 1. The summed E-state index contributed by atoms with van der Waals surface area (Å²) in [7, 11) is 0. The Balaban J connectivity index is 1.76. The van der Waals surface area contributed by atoms with Gasteiger partial charge in [-0.3, -0.25) is 4.79 Å². The van der Waals surface area contributed by atoms with E-state index in [4.69, 9.17) is 14.2 Å². The minimum atomic E-state index is -1.06. The molecule has 2 N–H and O–H groups in total. The van der Waals surface area contributed by atoms with Gasteiger partial charge < -0.3 is 24.4 Å². The molecule has 1 aliphatic carbocycles. The first-order valence-corrected chi connectivity index (χ1v) is 8.80. The van der Waals surface area contributed by atoms with Gasteiger partial charge in [0, 0.05) is 5.92 Å². The van der Waals surface area contributed by atoms with E-state index in [1.54, 1.807) is 18.2 Å². The Morgan fingerprint density at radius 3 is 2.77 bits per heavy atom. The van der Waals surface area contributed by atoms with E-state index in [0.717, 1.165) is 25.7 Å². The van der Waals surface area contributed by atoms with Crippen LogP contribution in [0.3, 0.4) is 0 Å². The fraction of sp³-hybridized carbons (Fsp3) is 0.474. The number of hydrogen-bond donors (Lipinski definition) is 2. The molecule has 7 nitrogen and oxygen atoms in total. The van der Waals surface area contributed by atoms with Gasteiger partial charge in [-0.1, -0.05) is 12.5 Å². The number of ether oxygens (including phenoxy) is 3. The van der Waals surface area contributed by atoms with Crippen LogP contribution >= 0.6 is 0 Å². The molecular weight excluding hydrogens is 340 g/mol. The highest BCUT2D eigenvalue weighted by Crippen LogP contribution is 2.43. The average Bonchev–Trinajstić information content (AvgIpc) is 3.08. The summed E-state index contributed by atoms with van der Waals surface area (Å²) in [5, 5.41) is 20.2. The molecular formula is C19H20O7. The van der Waals surface area contributed by atoms with Crippen LogP contribution < -0.4 is 9.47 Å². The average molecular weight is 360 g/mol. The molecule has 2 aliphatic heterocycles. The lowest BCUT2D eigenvalue weighted by Crippen LogP contribution is -2.39. The van der Waals surface area contributed by atoms with Crippen LogP contribution in [0, 0.1) is 5.92 Å². The molecule has 1 saturated carbocycles. The van der Waals surface area contributed by atoms with E-state index in [9.17, 15) is 19.8 Å². The second kappa shape index (κ2) is 6.55. The molecule has 3 aliphatic rings. The van der Waals surface area contributed by atoms with E-state index < -0.39 is 17.9 Å². The second-order valence-corrected chi connectivity index (χ2v) is 6.90. The van der Waals surface area contributed by atoms with Gasteiger partial charge in [0.15, 0.2) is 11.5 Å². The number of esters is 1. The van der Waals surface area contributed by atoms with Gasteiger partial charge in [0.25, 0.3) is 0 Å². The van der Waals surface area contributed by atoms with E-state index in [1.165, 1.54) is 0 Å². The first-order chi connectivity index (χ1) is 12.5. The number of aliphatic carboxylic acids is 1. The van der Waals surface area contributed by atoms with E-state index in [-0.39, 0.29) is 36.6 Å². The van der Waals surface area contributed by atoms with Gasteiger partial charge in [-0.15, -0.1) is 0 Å². The number of hydrogen-bond acceptors (Lipinski definition) is 6. The van der Waals surface area contributed by atoms with Gasteiger partial charge in [0.2, 0.25) is 6.79 Å². The van der Waals surface area contributed by atoms with Gasteiger partial charge in [0.1, 0.15) is 11.9 Å². The minimum Gasteiger partial charge on any atom is -0.511 e. The molecule has 3 atom stereocenters. The summed E-state index contributed by atoms with van der Waals surface area (Å²) in [4.78, 5) is 24.0. The molecule has 7 heteroatoms. The van der Waals surface area contributed by atoms with E-state index in [0.29, 0.717) is 17.1 Å². The Morgan fingerprint density at radius 2 is 1.96 bits per heavy atom. The van der Waals surface area contributed by atoms with Crippen LogP contribution in [-0.4, -0.2) is 35.0 Å². The number of aliphatic hydroxyl groups is 1. The van der Waals surface area contributed by atoms with Crippen molar-refractivity contribution in [3.8, 4) is 11.5 Å². The number of carboxylic acid groups (broad SMARTS) is 1. The number of carbonyl (C=O) groups is 2. The molecule has 1 fully saturated rings. The summed E-state index contributed by atoms with van der Waals surface area (Å²) in [5.41, 5.74) is 0.624. The standard InChI is InChI=1S/C19H20O7/c20-16(21)8-12(10-5-6-14-15(7-10)25-9-24-14)17-18(22)11-3-1-2-4-13(11)26-19(17)23/h5-7,11-13,22H,1-4,8-9H2,(H,20,21). The van der Waals surface area contributed by atoms with Crippen molar-refractivity contribution >= 4 is 11.9 Å². The minimum absolute atomic E-state index is 0.0186. The SMILES string of the molecule is O=C(O)CC(C1=C(O)C2CCCCC2OC1=O)c1ccc2c(c1)OCO2. The lowest BCUT2D eigenvalue weighted by Gasteiger charge is -2.37. The van der Waals surface area contributed by atoms with E-state index >= 15 is 0 Å². The summed E-state index contributed by atoms with van der Waals surface area (Å²) in [6, 6.07) is 5.04. The van der Waals surface area contributed by atoms with Crippen molar-refractivity contribution < 1.29 is 34.0 Å². The number of fused-ring (bicyclic) bond motifs is 2. The van der Waals surface area contributed by atoms with Gasteiger partial charge in [0.05, 0.1) is 17.9 Å². The Labute approximate surface area is 150 Å². The van der Waals surface area contributed by atoms with Crippen molar-refractivity contribution in [2.24, 2.45) is 5.92 Å². The van der Waals surface area contributed by atoms with Crippen LogP contribution in [-0.2, 0) is 14.3 Å². The zero-order valence-corrected chi connectivity index (χ0v) is 14.1. The van der Waals surface area contributed by atoms with Crippen LogP contribution in [0.1, 0.15) is 43.6 Å². The maximum Gasteiger partial charge on any atom is 0.338 e. The third-order valence-corrected chi connectivity index (χ3v) is 5.33. The highest BCUT2D eigenvalue weighted by molar-refractivity contribution is 5.93. The van der Waals surface area contributed by atoms with Crippen molar-refractivity contribution in [1.82, 2.24) is 0 Å². The molecule has 1 aromatic carbocycles. The Bertz CT molecular complexity index is 782. The van der Waals surface area contributed by atoms with Crippen molar-refractivity contribution in [2.45, 2.75) is 44.1 Å². The summed E-state index contributed by atoms with van der Waals surface area (Å²) < 4.78 is 16.2. The lowest BCUT2D eigenvalue weighted by molar-refractivity contribution is -0.152. The summed E-state index contributed by atoms with van der Waals surface area (Å²) in [5.74, 6) is -1.70. The molecule has 0 spiro atoms. The molecule has 26 heavy (non-hydrogen) atoms. The molecule has 0 aromatic heterocycles.